The largest absolute Gasteiger partial charge is 0.502 e. The third-order valence-corrected chi connectivity index (χ3v) is 4.37. The number of carbonyl (C=O) groups excluding carboxylic acids is 1. The van der Waals surface area contributed by atoms with Gasteiger partial charge in [0.25, 0.3) is 0 Å². The molecule has 0 heterocycles. The highest BCUT2D eigenvalue weighted by Crippen LogP contribution is 2.25. The van der Waals surface area contributed by atoms with Crippen molar-refractivity contribution in [2.75, 3.05) is 0 Å². The molecule has 0 aromatic heterocycles. The van der Waals surface area contributed by atoms with Gasteiger partial charge in [-0.15, -0.1) is 0 Å². The van der Waals surface area contributed by atoms with Crippen molar-refractivity contribution in [1.29, 1.82) is 0 Å². The molecule has 1 aliphatic rings. The number of benzene rings is 1. The number of hydrogen-bond donors (Lipinski definition) is 2. The molecule has 2 unspecified atom stereocenters. The molecule has 1 aromatic carbocycles. The Morgan fingerprint density at radius 2 is 1.95 bits per heavy atom. The number of Topliss-reactive ketones (excluding diaryl/α,β-unsaturated/α-hetero) is 1. The van der Waals surface area contributed by atoms with Crippen LogP contribution in [-0.2, 0) is 4.79 Å². The number of rotatable bonds is 8. The maximum atomic E-state index is 11.6. The van der Waals surface area contributed by atoms with Gasteiger partial charge in [-0.25, -0.2) is 0 Å². The summed E-state index contributed by atoms with van der Waals surface area (Å²) in [5, 5.41) is 19.1. The molecule has 0 spiro atoms. The van der Waals surface area contributed by atoms with E-state index in [2.05, 4.69) is 0 Å². The summed E-state index contributed by atoms with van der Waals surface area (Å²) in [6, 6.07) is 9.81. The van der Waals surface area contributed by atoms with Gasteiger partial charge in [-0.05, 0) is 48.7 Å². The summed E-state index contributed by atoms with van der Waals surface area (Å²) >= 11 is 4.97. The minimum absolute atomic E-state index is 0.0444. The van der Waals surface area contributed by atoms with Crippen molar-refractivity contribution in [2.24, 2.45) is 0 Å². The lowest BCUT2D eigenvalue weighted by Crippen LogP contribution is -2.09. The first-order valence-corrected chi connectivity index (χ1v) is 8.18. The molecule has 0 saturated carbocycles. The zero-order valence-corrected chi connectivity index (χ0v) is 13.4. The van der Waals surface area contributed by atoms with E-state index in [9.17, 15) is 15.0 Å². The van der Waals surface area contributed by atoms with E-state index in [1.54, 1.807) is 6.08 Å². The second-order valence-corrected chi connectivity index (χ2v) is 6.21. The summed E-state index contributed by atoms with van der Waals surface area (Å²) in [6.45, 7) is 0. The van der Waals surface area contributed by atoms with Gasteiger partial charge in [0.05, 0.1) is 12.0 Å². The monoisotopic (exact) mass is 318 g/mol. The van der Waals surface area contributed by atoms with Crippen LogP contribution in [0, 0.1) is 0 Å². The Bertz CT molecular complexity index is 551. The van der Waals surface area contributed by atoms with Gasteiger partial charge in [-0.1, -0.05) is 43.2 Å². The summed E-state index contributed by atoms with van der Waals surface area (Å²) < 4.78 is 0. The smallest absolute Gasteiger partial charge is 0.164 e. The number of aliphatic hydroxyl groups excluding tert-OH is 2. The fourth-order valence-corrected chi connectivity index (χ4v) is 3.14. The molecule has 0 bridgehead atoms. The van der Waals surface area contributed by atoms with Crippen molar-refractivity contribution >= 4 is 23.1 Å². The van der Waals surface area contributed by atoms with E-state index >= 15 is 0 Å². The zero-order valence-electron chi connectivity index (χ0n) is 12.6. The van der Waals surface area contributed by atoms with E-state index in [-0.39, 0.29) is 23.2 Å². The minimum atomic E-state index is -0.586. The lowest BCUT2D eigenvalue weighted by Gasteiger charge is -2.14. The van der Waals surface area contributed by atoms with Gasteiger partial charge in [-0.3, -0.25) is 4.79 Å². The van der Waals surface area contributed by atoms with Crippen LogP contribution < -0.4 is 0 Å². The third-order valence-electron chi connectivity index (χ3n) is 4.09. The lowest BCUT2D eigenvalue weighted by molar-refractivity contribution is -0.115. The number of hydrogen-bond acceptors (Lipinski definition) is 3. The molecule has 22 heavy (non-hydrogen) atoms. The van der Waals surface area contributed by atoms with Crippen molar-refractivity contribution in [1.82, 2.24) is 0 Å². The SMILES string of the molecule is O=C1CC(O)C=C1CCCCCC(C(O)=S)c1ccccc1. The van der Waals surface area contributed by atoms with Gasteiger partial charge < -0.3 is 10.2 Å². The van der Waals surface area contributed by atoms with Crippen LogP contribution in [0.1, 0.15) is 50.0 Å². The second kappa shape index (κ2) is 8.20. The molecule has 1 aromatic rings. The van der Waals surface area contributed by atoms with Crippen molar-refractivity contribution in [2.45, 2.75) is 50.5 Å². The Hall–Kier alpha value is -1.52. The predicted molar refractivity (Wildman–Crippen MR) is 91.2 cm³/mol. The van der Waals surface area contributed by atoms with Crippen LogP contribution in [0.4, 0.5) is 0 Å². The molecule has 0 radical (unpaired) electrons. The number of ketones is 1. The van der Waals surface area contributed by atoms with Gasteiger partial charge in [-0.2, -0.15) is 0 Å². The summed E-state index contributed by atoms with van der Waals surface area (Å²) in [5.74, 6) is -0.0171. The first kappa shape index (κ1) is 16.8. The van der Waals surface area contributed by atoms with Crippen molar-refractivity contribution in [3.8, 4) is 0 Å². The van der Waals surface area contributed by atoms with Crippen LogP contribution in [-0.4, -0.2) is 27.2 Å². The topological polar surface area (TPSA) is 57.5 Å². The number of unbranched alkanes of at least 4 members (excludes halogenated alkanes) is 2. The Kier molecular flexibility index (Phi) is 6.28. The molecule has 118 valence electrons. The Labute approximate surface area is 136 Å². The first-order chi connectivity index (χ1) is 10.6. The fraction of sp³-hybridized carbons (Fsp3) is 0.444. The van der Waals surface area contributed by atoms with Crippen LogP contribution in [0.5, 0.6) is 0 Å². The molecule has 0 amide bonds. The third kappa shape index (κ3) is 4.75. The highest BCUT2D eigenvalue weighted by atomic mass is 32.1. The summed E-state index contributed by atoms with van der Waals surface area (Å²) in [4.78, 5) is 11.6. The molecule has 1 aliphatic carbocycles. The van der Waals surface area contributed by atoms with Crippen molar-refractivity contribution < 1.29 is 15.0 Å². The number of allylic oxidation sites excluding steroid dienone is 1. The lowest BCUT2D eigenvalue weighted by atomic mass is 9.93. The maximum Gasteiger partial charge on any atom is 0.164 e. The average Bonchev–Trinajstić information content (AvgIpc) is 2.81. The Balaban J connectivity index is 1.74. The molecule has 0 fully saturated rings. The van der Waals surface area contributed by atoms with E-state index in [4.69, 9.17) is 12.2 Å². The predicted octanol–water partition coefficient (Wildman–Crippen LogP) is 3.87. The quantitative estimate of drug-likeness (QED) is 0.564. The summed E-state index contributed by atoms with van der Waals surface area (Å²) in [5.41, 5.74) is 1.82. The molecule has 0 saturated heterocycles. The van der Waals surface area contributed by atoms with Gasteiger partial charge in [0.2, 0.25) is 0 Å². The van der Waals surface area contributed by atoms with E-state index in [1.807, 2.05) is 30.3 Å². The van der Waals surface area contributed by atoms with Crippen molar-refractivity contribution in [3.63, 3.8) is 0 Å². The summed E-state index contributed by atoms with van der Waals surface area (Å²) in [6.07, 6.45) is 5.73. The van der Waals surface area contributed by atoms with Crippen LogP contribution in [0.2, 0.25) is 0 Å². The van der Waals surface area contributed by atoms with Crippen LogP contribution in [0.25, 0.3) is 0 Å². The molecule has 3 nitrogen and oxygen atoms in total. The van der Waals surface area contributed by atoms with Crippen LogP contribution >= 0.6 is 12.2 Å². The van der Waals surface area contributed by atoms with Gasteiger partial charge in [0.15, 0.2) is 10.8 Å². The van der Waals surface area contributed by atoms with Gasteiger partial charge in [0, 0.05) is 6.42 Å². The summed E-state index contributed by atoms with van der Waals surface area (Å²) in [7, 11) is 0. The van der Waals surface area contributed by atoms with Crippen LogP contribution in [0.15, 0.2) is 42.0 Å². The molecule has 4 heteroatoms. The molecule has 0 aliphatic heterocycles. The first-order valence-electron chi connectivity index (χ1n) is 7.77. The fourth-order valence-electron chi connectivity index (χ4n) is 2.89. The molecular formula is C18H22O3S. The second-order valence-electron chi connectivity index (χ2n) is 5.79. The normalized spacial score (nSPS) is 19.0. The number of thiocarbonyl (C=S) groups is 1. The Morgan fingerprint density at radius 3 is 2.55 bits per heavy atom. The molecular weight excluding hydrogens is 296 g/mol. The minimum Gasteiger partial charge on any atom is -0.502 e. The Morgan fingerprint density at radius 1 is 1.23 bits per heavy atom. The molecule has 2 N–H and O–H groups in total. The van der Waals surface area contributed by atoms with Crippen LogP contribution in [0.3, 0.4) is 0 Å². The average molecular weight is 318 g/mol. The molecule has 2 atom stereocenters. The standard InChI is InChI=1S/C18H22O3S/c19-15-11-14(17(20)12-15)9-5-2-6-10-16(18(21)22)13-7-3-1-4-8-13/h1,3-4,7-8,11,15-16,19H,2,5-6,9-10,12H2,(H,21,22). The van der Waals surface area contributed by atoms with E-state index in [0.29, 0.717) is 0 Å². The van der Waals surface area contributed by atoms with E-state index in [1.165, 1.54) is 0 Å². The number of carbonyl (C=O) groups is 1. The molecule has 2 rings (SSSR count). The van der Waals surface area contributed by atoms with E-state index < -0.39 is 6.10 Å². The number of aliphatic hydroxyl groups is 2. The highest BCUT2D eigenvalue weighted by molar-refractivity contribution is 7.80. The van der Waals surface area contributed by atoms with Gasteiger partial charge >= 0.3 is 0 Å². The maximum absolute atomic E-state index is 11.6. The van der Waals surface area contributed by atoms with Gasteiger partial charge in [0.1, 0.15) is 0 Å². The van der Waals surface area contributed by atoms with E-state index in [0.717, 1.165) is 43.2 Å². The highest BCUT2D eigenvalue weighted by Gasteiger charge is 2.21. The van der Waals surface area contributed by atoms with Crippen molar-refractivity contribution in [3.05, 3.63) is 47.5 Å². The zero-order chi connectivity index (χ0) is 15.9.